The summed E-state index contributed by atoms with van der Waals surface area (Å²) in [7, 11) is 0. The van der Waals surface area contributed by atoms with E-state index >= 15 is 0 Å². The van der Waals surface area contributed by atoms with Crippen LogP contribution in [-0.4, -0.2) is 6.03 Å². The second-order valence-electron chi connectivity index (χ2n) is 4.62. The second kappa shape index (κ2) is 6.46. The first-order valence-corrected chi connectivity index (χ1v) is 6.34. The summed E-state index contributed by atoms with van der Waals surface area (Å²) < 4.78 is 51.8. The highest BCUT2D eigenvalue weighted by atomic mass is 19.2. The lowest BCUT2D eigenvalue weighted by Gasteiger charge is -2.15. The molecular weight excluding hydrogens is 300 g/mol. The van der Waals surface area contributed by atoms with Crippen molar-refractivity contribution in [2.75, 3.05) is 5.32 Å². The molecule has 22 heavy (non-hydrogen) atoms. The number of hydrogen-bond donors (Lipinski definition) is 2. The number of nitrogens with one attached hydrogen (secondary N) is 2. The van der Waals surface area contributed by atoms with Crippen LogP contribution in [0.25, 0.3) is 0 Å². The fourth-order valence-corrected chi connectivity index (χ4v) is 1.80. The smallest absolute Gasteiger partial charge is 0.319 e. The third kappa shape index (κ3) is 3.75. The van der Waals surface area contributed by atoms with Crippen molar-refractivity contribution >= 4 is 11.7 Å². The van der Waals surface area contributed by atoms with E-state index in [9.17, 15) is 22.4 Å². The van der Waals surface area contributed by atoms with Crippen LogP contribution in [0.4, 0.5) is 28.0 Å². The van der Waals surface area contributed by atoms with Crippen molar-refractivity contribution in [2.24, 2.45) is 0 Å². The second-order valence-corrected chi connectivity index (χ2v) is 4.62. The van der Waals surface area contributed by atoms with Gasteiger partial charge in [0.2, 0.25) is 0 Å². The van der Waals surface area contributed by atoms with Crippen molar-refractivity contribution in [2.45, 2.75) is 13.0 Å². The third-order valence-electron chi connectivity index (χ3n) is 2.97. The maximum absolute atomic E-state index is 13.1. The minimum atomic E-state index is -1.09. The molecule has 0 saturated carbocycles. The zero-order valence-corrected chi connectivity index (χ0v) is 11.5. The SMILES string of the molecule is C[C@H](NC(=O)Nc1ccc(F)c(F)c1)c1ccc(F)c(F)c1. The van der Waals surface area contributed by atoms with Gasteiger partial charge in [0.25, 0.3) is 0 Å². The summed E-state index contributed by atoms with van der Waals surface area (Å²) in [6.45, 7) is 1.57. The predicted molar refractivity (Wildman–Crippen MR) is 73.3 cm³/mol. The highest BCUT2D eigenvalue weighted by molar-refractivity contribution is 5.89. The summed E-state index contributed by atoms with van der Waals surface area (Å²) in [6, 6.07) is 4.86. The van der Waals surface area contributed by atoms with Gasteiger partial charge in [0, 0.05) is 11.8 Å². The summed E-state index contributed by atoms with van der Waals surface area (Å²) in [4.78, 5) is 11.7. The van der Waals surface area contributed by atoms with Crippen LogP contribution in [0.2, 0.25) is 0 Å². The number of rotatable bonds is 3. The van der Waals surface area contributed by atoms with Crippen LogP contribution in [0.15, 0.2) is 36.4 Å². The highest BCUT2D eigenvalue weighted by Gasteiger charge is 2.12. The number of benzene rings is 2. The van der Waals surface area contributed by atoms with E-state index in [-0.39, 0.29) is 5.69 Å². The molecule has 0 unspecified atom stereocenters. The Morgan fingerprint density at radius 1 is 0.909 bits per heavy atom. The number of halogens is 4. The number of amides is 2. The molecule has 0 heterocycles. The molecule has 0 aliphatic carbocycles. The van der Waals surface area contributed by atoms with Gasteiger partial charge >= 0.3 is 6.03 Å². The Morgan fingerprint density at radius 3 is 2.09 bits per heavy atom. The van der Waals surface area contributed by atoms with Crippen LogP contribution in [0, 0.1) is 23.3 Å². The predicted octanol–water partition coefficient (Wildman–Crippen LogP) is 4.13. The van der Waals surface area contributed by atoms with E-state index in [1.165, 1.54) is 12.1 Å². The van der Waals surface area contributed by atoms with Gasteiger partial charge in [0.1, 0.15) is 0 Å². The van der Waals surface area contributed by atoms with E-state index in [1.54, 1.807) is 6.92 Å². The molecule has 0 aliphatic rings. The topological polar surface area (TPSA) is 41.1 Å². The van der Waals surface area contributed by atoms with E-state index < -0.39 is 35.3 Å². The van der Waals surface area contributed by atoms with E-state index in [0.29, 0.717) is 5.56 Å². The van der Waals surface area contributed by atoms with Crippen LogP contribution in [0.5, 0.6) is 0 Å². The Kier molecular flexibility index (Phi) is 4.65. The minimum absolute atomic E-state index is 0.0638. The van der Waals surface area contributed by atoms with Crippen LogP contribution in [0.1, 0.15) is 18.5 Å². The molecule has 0 bridgehead atoms. The molecule has 0 spiro atoms. The number of carbonyl (C=O) groups is 1. The average molecular weight is 312 g/mol. The van der Waals surface area contributed by atoms with Gasteiger partial charge in [-0.2, -0.15) is 0 Å². The maximum Gasteiger partial charge on any atom is 0.319 e. The van der Waals surface area contributed by atoms with Gasteiger partial charge in [0.05, 0.1) is 6.04 Å². The molecule has 0 aromatic heterocycles. The largest absolute Gasteiger partial charge is 0.331 e. The summed E-state index contributed by atoms with van der Waals surface area (Å²) in [5.74, 6) is -4.12. The summed E-state index contributed by atoms with van der Waals surface area (Å²) in [5, 5.41) is 4.78. The monoisotopic (exact) mass is 312 g/mol. The number of anilines is 1. The van der Waals surface area contributed by atoms with Crippen molar-refractivity contribution in [3.8, 4) is 0 Å². The highest BCUT2D eigenvalue weighted by Crippen LogP contribution is 2.17. The Hall–Kier alpha value is -2.57. The molecule has 1 atom stereocenters. The van der Waals surface area contributed by atoms with Crippen LogP contribution < -0.4 is 10.6 Å². The molecular formula is C15H12F4N2O. The molecule has 2 aromatic rings. The Morgan fingerprint density at radius 2 is 1.50 bits per heavy atom. The fraction of sp³-hybridized carbons (Fsp3) is 0.133. The van der Waals surface area contributed by atoms with Gasteiger partial charge in [-0.05, 0) is 36.8 Å². The quantitative estimate of drug-likeness (QED) is 0.822. The average Bonchev–Trinajstić information content (AvgIpc) is 2.45. The first-order valence-electron chi connectivity index (χ1n) is 6.34. The van der Waals surface area contributed by atoms with Gasteiger partial charge < -0.3 is 10.6 Å². The van der Waals surface area contributed by atoms with E-state index in [0.717, 1.165) is 24.3 Å². The number of hydrogen-bond acceptors (Lipinski definition) is 1. The van der Waals surface area contributed by atoms with E-state index in [1.807, 2.05) is 0 Å². The molecule has 0 aliphatic heterocycles. The van der Waals surface area contributed by atoms with Crippen LogP contribution in [-0.2, 0) is 0 Å². The fourth-order valence-electron chi connectivity index (χ4n) is 1.80. The normalized spacial score (nSPS) is 11.9. The van der Waals surface area contributed by atoms with Crippen LogP contribution >= 0.6 is 0 Å². The molecule has 3 nitrogen and oxygen atoms in total. The molecule has 2 N–H and O–H groups in total. The summed E-state index contributed by atoms with van der Waals surface area (Å²) >= 11 is 0. The molecule has 0 saturated heterocycles. The maximum atomic E-state index is 13.1. The van der Waals surface area contributed by atoms with Crippen LogP contribution in [0.3, 0.4) is 0 Å². The molecule has 0 fully saturated rings. The first kappa shape index (κ1) is 15.8. The lowest BCUT2D eigenvalue weighted by Crippen LogP contribution is -2.31. The first-order chi connectivity index (χ1) is 10.4. The minimum Gasteiger partial charge on any atom is -0.331 e. The Bertz CT molecular complexity index is 706. The summed E-state index contributed by atoms with van der Waals surface area (Å²) in [5.41, 5.74) is 0.424. The lowest BCUT2D eigenvalue weighted by atomic mass is 10.1. The Balaban J connectivity index is 2.01. The molecule has 0 radical (unpaired) electrons. The number of urea groups is 1. The van der Waals surface area contributed by atoms with Crippen molar-refractivity contribution in [3.63, 3.8) is 0 Å². The van der Waals surface area contributed by atoms with Crippen molar-refractivity contribution in [1.29, 1.82) is 0 Å². The zero-order valence-electron chi connectivity index (χ0n) is 11.5. The van der Waals surface area contributed by atoms with Gasteiger partial charge in [-0.1, -0.05) is 6.07 Å². The van der Waals surface area contributed by atoms with Gasteiger partial charge in [-0.3, -0.25) is 0 Å². The van der Waals surface area contributed by atoms with E-state index in [2.05, 4.69) is 10.6 Å². The van der Waals surface area contributed by atoms with E-state index in [4.69, 9.17) is 0 Å². The zero-order chi connectivity index (χ0) is 16.3. The Labute approximate surface area is 124 Å². The number of carbonyl (C=O) groups excluding carboxylic acids is 1. The summed E-state index contributed by atoms with van der Waals surface area (Å²) in [6.07, 6.45) is 0. The molecule has 2 rings (SSSR count). The van der Waals surface area contributed by atoms with Crippen molar-refractivity contribution < 1.29 is 22.4 Å². The standard InChI is InChI=1S/C15H12F4N2O/c1-8(9-2-4-11(16)13(18)6-9)20-15(22)21-10-3-5-12(17)14(19)7-10/h2-8H,1H3,(H2,20,21,22)/t8-/m0/s1. The van der Waals surface area contributed by atoms with Crippen molar-refractivity contribution in [3.05, 3.63) is 65.2 Å². The van der Waals surface area contributed by atoms with Gasteiger partial charge in [-0.25, -0.2) is 22.4 Å². The van der Waals surface area contributed by atoms with Gasteiger partial charge in [0.15, 0.2) is 23.3 Å². The van der Waals surface area contributed by atoms with Gasteiger partial charge in [-0.15, -0.1) is 0 Å². The molecule has 116 valence electrons. The van der Waals surface area contributed by atoms with Crippen molar-refractivity contribution in [1.82, 2.24) is 5.32 Å². The molecule has 2 amide bonds. The lowest BCUT2D eigenvalue weighted by molar-refractivity contribution is 0.249. The third-order valence-corrected chi connectivity index (χ3v) is 2.97. The molecule has 7 heteroatoms. The molecule has 2 aromatic carbocycles.